The van der Waals surface area contributed by atoms with Crippen LogP contribution in [0, 0.1) is 24.7 Å². The number of methoxy groups -OCH3 is 4. The van der Waals surface area contributed by atoms with Crippen molar-refractivity contribution in [3.05, 3.63) is 53.1 Å². The van der Waals surface area contributed by atoms with Crippen LogP contribution in [0.1, 0.15) is 47.2 Å². The molecule has 37 heavy (non-hydrogen) atoms. The van der Waals surface area contributed by atoms with Gasteiger partial charge in [0.25, 0.3) is 0 Å². The van der Waals surface area contributed by atoms with Gasteiger partial charge in [-0.05, 0) is 68.4 Å². The number of carbonyl (C=O) groups excluding carboxylic acids is 2. The van der Waals surface area contributed by atoms with E-state index in [4.69, 9.17) is 23.7 Å². The van der Waals surface area contributed by atoms with Crippen molar-refractivity contribution in [2.75, 3.05) is 35.0 Å². The van der Waals surface area contributed by atoms with Crippen molar-refractivity contribution in [3.63, 3.8) is 0 Å². The van der Waals surface area contributed by atoms with Gasteiger partial charge in [0.05, 0.1) is 34.0 Å². The quantitative estimate of drug-likeness (QED) is 0.432. The van der Waals surface area contributed by atoms with Gasteiger partial charge in [0.1, 0.15) is 0 Å². The number of likely N-dealkylation sites (tertiary alicyclic amines) is 1. The Morgan fingerprint density at radius 2 is 1.73 bits per heavy atom. The second-order valence-electron chi connectivity index (χ2n) is 9.33. The Bertz CT molecular complexity index is 1210. The van der Waals surface area contributed by atoms with Crippen molar-refractivity contribution in [2.45, 2.75) is 44.2 Å². The molecule has 0 bridgehead atoms. The summed E-state index contributed by atoms with van der Waals surface area (Å²) in [5.41, 5.74) is 1.12. The number of amides is 1. The average molecular weight is 508 g/mol. The number of benzene rings is 2. The smallest absolute Gasteiger partial charge is 0.409 e. The molecule has 8 nitrogen and oxygen atoms in total. The summed E-state index contributed by atoms with van der Waals surface area (Å²) in [6, 6.07) is 10.9. The molecule has 2 aromatic rings. The predicted molar refractivity (Wildman–Crippen MR) is 137 cm³/mol. The minimum Gasteiger partial charge on any atom is -0.493 e. The van der Waals surface area contributed by atoms with Gasteiger partial charge >= 0.3 is 12.1 Å². The van der Waals surface area contributed by atoms with Gasteiger partial charge in [-0.25, -0.2) is 9.59 Å². The van der Waals surface area contributed by atoms with Crippen LogP contribution in [0.25, 0.3) is 0 Å². The molecule has 1 aliphatic carbocycles. The van der Waals surface area contributed by atoms with Gasteiger partial charge in [-0.15, -0.1) is 0 Å². The normalized spacial score (nSPS) is 22.2. The van der Waals surface area contributed by atoms with Crippen LogP contribution >= 0.6 is 0 Å². The molecule has 2 fully saturated rings. The Labute approximate surface area is 217 Å². The van der Waals surface area contributed by atoms with Gasteiger partial charge in [-0.1, -0.05) is 18.1 Å². The number of hydrogen-bond donors (Lipinski definition) is 0. The third-order valence-corrected chi connectivity index (χ3v) is 7.21. The van der Waals surface area contributed by atoms with Crippen molar-refractivity contribution in [2.24, 2.45) is 5.92 Å². The molecule has 1 saturated carbocycles. The Kier molecular flexibility index (Phi) is 7.82. The second kappa shape index (κ2) is 11.0. The van der Waals surface area contributed by atoms with E-state index < -0.39 is 11.6 Å². The lowest BCUT2D eigenvalue weighted by molar-refractivity contribution is -0.0445. The second-order valence-corrected chi connectivity index (χ2v) is 9.33. The molecule has 2 aliphatic rings. The first kappa shape index (κ1) is 26.2. The van der Waals surface area contributed by atoms with Crippen LogP contribution in [-0.2, 0) is 9.47 Å². The average Bonchev–Trinajstić information content (AvgIpc) is 3.36. The van der Waals surface area contributed by atoms with Crippen LogP contribution in [0.15, 0.2) is 36.4 Å². The summed E-state index contributed by atoms with van der Waals surface area (Å²) >= 11 is 0. The molecule has 196 valence electrons. The molecule has 1 aliphatic heterocycles. The molecule has 1 heterocycles. The van der Waals surface area contributed by atoms with Crippen LogP contribution in [0.3, 0.4) is 0 Å². The van der Waals surface area contributed by atoms with Crippen molar-refractivity contribution in [1.82, 2.24) is 4.90 Å². The van der Waals surface area contributed by atoms with E-state index in [9.17, 15) is 9.59 Å². The lowest BCUT2D eigenvalue weighted by atomic mass is 9.72. The molecule has 0 radical (unpaired) electrons. The van der Waals surface area contributed by atoms with Crippen molar-refractivity contribution in [1.29, 1.82) is 0 Å². The minimum atomic E-state index is -1.08. The van der Waals surface area contributed by atoms with E-state index in [1.165, 1.54) is 28.4 Å². The SMILES string of the molecule is COC(=O)N1CC[C@@H]2[C@H]1CCC[C@]2(C#Cc1cccc(C)c1)OC(=O)c1cc(OC)c(OC)c(OC)c1. The summed E-state index contributed by atoms with van der Waals surface area (Å²) in [5, 5.41) is 0. The summed E-state index contributed by atoms with van der Waals surface area (Å²) in [6.07, 6.45) is 2.41. The van der Waals surface area contributed by atoms with E-state index >= 15 is 0 Å². The van der Waals surface area contributed by atoms with Gasteiger partial charge in [-0.2, -0.15) is 0 Å². The monoisotopic (exact) mass is 507 g/mol. The highest BCUT2D eigenvalue weighted by Crippen LogP contribution is 2.46. The lowest BCUT2D eigenvalue weighted by Crippen LogP contribution is -2.51. The zero-order valence-corrected chi connectivity index (χ0v) is 22.0. The Morgan fingerprint density at radius 3 is 2.35 bits per heavy atom. The van der Waals surface area contributed by atoms with Crippen LogP contribution in [0.2, 0.25) is 0 Å². The van der Waals surface area contributed by atoms with Gasteiger partial charge in [0, 0.05) is 24.1 Å². The van der Waals surface area contributed by atoms with E-state index in [0.717, 1.165) is 24.0 Å². The highest BCUT2D eigenvalue weighted by Gasteiger charge is 2.54. The predicted octanol–water partition coefficient (Wildman–Crippen LogP) is 4.61. The van der Waals surface area contributed by atoms with Gasteiger partial charge in [0.15, 0.2) is 17.1 Å². The third kappa shape index (κ3) is 5.17. The number of carbonyl (C=O) groups is 2. The zero-order chi connectivity index (χ0) is 26.6. The maximum Gasteiger partial charge on any atom is 0.409 e. The van der Waals surface area contributed by atoms with E-state index in [0.29, 0.717) is 36.6 Å². The molecule has 3 atom stereocenters. The van der Waals surface area contributed by atoms with Crippen molar-refractivity contribution in [3.8, 4) is 29.1 Å². The first-order chi connectivity index (χ1) is 17.9. The lowest BCUT2D eigenvalue weighted by Gasteiger charge is -2.42. The number of ether oxygens (including phenoxy) is 5. The molecule has 8 heteroatoms. The van der Waals surface area contributed by atoms with Gasteiger partial charge < -0.3 is 28.6 Å². The Morgan fingerprint density at radius 1 is 1.00 bits per heavy atom. The van der Waals surface area contributed by atoms with Crippen LogP contribution in [-0.4, -0.2) is 63.6 Å². The van der Waals surface area contributed by atoms with Crippen LogP contribution in [0.4, 0.5) is 4.79 Å². The molecule has 1 saturated heterocycles. The number of aryl methyl sites for hydroxylation is 1. The molecule has 1 amide bonds. The summed E-state index contributed by atoms with van der Waals surface area (Å²) in [4.78, 5) is 27.8. The Hall–Kier alpha value is -3.86. The number of esters is 1. The molecular formula is C29H33NO7. The molecule has 2 aromatic carbocycles. The standard InChI is InChI=1S/C29H33NO7/c1-19-8-6-9-20(16-19)11-14-29(13-7-10-23-22(29)12-15-30(23)28(32)36-5)37-27(31)21-17-24(33-2)26(35-4)25(18-21)34-3/h6,8-9,16-18,22-23H,7,10,12-13,15H2,1-5H3/t22-,23-,29-/m1/s1. The number of nitrogens with zero attached hydrogens (tertiary/aromatic N) is 1. The van der Waals surface area contributed by atoms with Crippen LogP contribution < -0.4 is 14.2 Å². The first-order valence-electron chi connectivity index (χ1n) is 12.3. The van der Waals surface area contributed by atoms with Gasteiger partial charge in [0.2, 0.25) is 5.75 Å². The fraction of sp³-hybridized carbons (Fsp3) is 0.448. The number of hydrogen-bond acceptors (Lipinski definition) is 7. The maximum absolute atomic E-state index is 13.6. The molecular weight excluding hydrogens is 474 g/mol. The molecule has 4 rings (SSSR count). The molecule has 0 spiro atoms. The highest BCUT2D eigenvalue weighted by atomic mass is 16.6. The van der Waals surface area contributed by atoms with E-state index in [-0.39, 0.29) is 23.6 Å². The minimum absolute atomic E-state index is 0.124. The summed E-state index contributed by atoms with van der Waals surface area (Å²) < 4.78 is 27.6. The highest BCUT2D eigenvalue weighted by molar-refractivity contribution is 5.91. The number of fused-ring (bicyclic) bond motifs is 1. The fourth-order valence-electron chi connectivity index (χ4n) is 5.49. The van der Waals surface area contributed by atoms with Gasteiger partial charge in [-0.3, -0.25) is 0 Å². The first-order valence-corrected chi connectivity index (χ1v) is 12.3. The summed E-state index contributed by atoms with van der Waals surface area (Å²) in [7, 11) is 5.87. The molecule has 0 unspecified atom stereocenters. The maximum atomic E-state index is 13.6. The Balaban J connectivity index is 1.75. The van der Waals surface area contributed by atoms with Crippen molar-refractivity contribution >= 4 is 12.1 Å². The fourth-order valence-corrected chi connectivity index (χ4v) is 5.49. The van der Waals surface area contributed by atoms with Crippen LogP contribution in [0.5, 0.6) is 17.2 Å². The van der Waals surface area contributed by atoms with Crippen molar-refractivity contribution < 1.29 is 33.3 Å². The van der Waals surface area contributed by atoms with E-state index in [1.54, 1.807) is 17.0 Å². The van der Waals surface area contributed by atoms with E-state index in [2.05, 4.69) is 11.8 Å². The number of rotatable bonds is 5. The molecule has 0 N–H and O–H groups in total. The zero-order valence-electron chi connectivity index (χ0n) is 22.0. The third-order valence-electron chi connectivity index (χ3n) is 7.21. The van der Waals surface area contributed by atoms with E-state index in [1.807, 2.05) is 31.2 Å². The molecule has 0 aromatic heterocycles. The largest absolute Gasteiger partial charge is 0.493 e. The summed E-state index contributed by atoms with van der Waals surface area (Å²) in [5.74, 6) is 7.00. The topological polar surface area (TPSA) is 83.5 Å². The summed E-state index contributed by atoms with van der Waals surface area (Å²) in [6.45, 7) is 2.53.